The predicted octanol–water partition coefficient (Wildman–Crippen LogP) is 3.95. The SMILES string of the molecule is Cn1c(=O)n(CCCOC2CCCCO2)c(=O)c2c(C=O)c(Oc3cccc(Cl)c3)sc21. The molecule has 0 aliphatic carbocycles. The first-order valence-electron chi connectivity index (χ1n) is 10.4. The van der Waals surface area contributed by atoms with Crippen molar-refractivity contribution in [3.05, 3.63) is 55.7 Å². The fourth-order valence-corrected chi connectivity index (χ4v) is 4.91. The minimum Gasteiger partial charge on any atom is -0.446 e. The Balaban J connectivity index is 1.61. The maximum atomic E-state index is 13.2. The summed E-state index contributed by atoms with van der Waals surface area (Å²) in [6, 6.07) is 6.72. The van der Waals surface area contributed by atoms with Crippen LogP contribution in [0.4, 0.5) is 0 Å². The molecule has 170 valence electrons. The first kappa shape index (κ1) is 22.7. The summed E-state index contributed by atoms with van der Waals surface area (Å²) in [7, 11) is 1.57. The quantitative estimate of drug-likeness (QED) is 0.360. The highest BCUT2D eigenvalue weighted by Gasteiger charge is 2.22. The zero-order valence-corrected chi connectivity index (χ0v) is 19.1. The van der Waals surface area contributed by atoms with Gasteiger partial charge in [0.1, 0.15) is 10.6 Å². The summed E-state index contributed by atoms with van der Waals surface area (Å²) in [5.41, 5.74) is -0.855. The van der Waals surface area contributed by atoms with Crippen molar-refractivity contribution in [1.82, 2.24) is 9.13 Å². The van der Waals surface area contributed by atoms with Crippen LogP contribution in [-0.4, -0.2) is 34.9 Å². The molecule has 1 aliphatic rings. The number of carbonyl (C=O) groups excluding carboxylic acids is 1. The molecule has 0 radical (unpaired) electrons. The highest BCUT2D eigenvalue weighted by atomic mass is 35.5. The largest absolute Gasteiger partial charge is 0.446 e. The molecule has 10 heteroatoms. The molecule has 1 saturated heterocycles. The molecule has 3 aromatic rings. The molecule has 0 spiro atoms. The summed E-state index contributed by atoms with van der Waals surface area (Å²) >= 11 is 7.07. The molecule has 1 aromatic carbocycles. The number of halogens is 1. The fraction of sp³-hybridized carbons (Fsp3) is 0.409. The maximum absolute atomic E-state index is 13.2. The number of rotatable bonds is 8. The van der Waals surface area contributed by atoms with Crippen LogP contribution >= 0.6 is 22.9 Å². The fourth-order valence-electron chi connectivity index (χ4n) is 3.64. The number of hydrogen-bond acceptors (Lipinski definition) is 7. The Kier molecular flexibility index (Phi) is 7.10. The first-order chi connectivity index (χ1) is 15.5. The van der Waals surface area contributed by atoms with Gasteiger partial charge in [-0.25, -0.2) is 4.79 Å². The van der Waals surface area contributed by atoms with Crippen LogP contribution in [0.5, 0.6) is 10.8 Å². The second kappa shape index (κ2) is 9.99. The normalized spacial score (nSPS) is 16.4. The van der Waals surface area contributed by atoms with Crippen LogP contribution in [0.1, 0.15) is 36.0 Å². The van der Waals surface area contributed by atoms with Gasteiger partial charge in [0.2, 0.25) is 0 Å². The van der Waals surface area contributed by atoms with Gasteiger partial charge in [0.25, 0.3) is 5.56 Å². The van der Waals surface area contributed by atoms with Crippen molar-refractivity contribution in [1.29, 1.82) is 0 Å². The van der Waals surface area contributed by atoms with Crippen LogP contribution in [0.15, 0.2) is 33.9 Å². The lowest BCUT2D eigenvalue weighted by Crippen LogP contribution is -2.39. The predicted molar refractivity (Wildman–Crippen MR) is 122 cm³/mol. The van der Waals surface area contributed by atoms with Gasteiger partial charge < -0.3 is 14.2 Å². The molecule has 32 heavy (non-hydrogen) atoms. The number of benzene rings is 1. The maximum Gasteiger partial charge on any atom is 0.331 e. The van der Waals surface area contributed by atoms with Gasteiger partial charge in [-0.15, -0.1) is 0 Å². The van der Waals surface area contributed by atoms with E-state index in [9.17, 15) is 14.4 Å². The van der Waals surface area contributed by atoms with Gasteiger partial charge >= 0.3 is 5.69 Å². The molecule has 1 fully saturated rings. The standard InChI is InChI=1S/C22H23ClN2O6S/c1-24-20-18(16(13-26)21(32-20)31-15-7-4-6-14(23)12-15)19(27)25(22(24)28)9-5-11-30-17-8-2-3-10-29-17/h4,6-7,12-13,17H,2-3,5,8-11H2,1H3. The summed E-state index contributed by atoms with van der Waals surface area (Å²) in [5, 5.41) is 0.882. The van der Waals surface area contributed by atoms with Crippen molar-refractivity contribution >= 4 is 39.4 Å². The summed E-state index contributed by atoms with van der Waals surface area (Å²) < 4.78 is 19.6. The Morgan fingerprint density at radius 2 is 2.16 bits per heavy atom. The van der Waals surface area contributed by atoms with Crippen molar-refractivity contribution < 1.29 is 19.0 Å². The first-order valence-corrected chi connectivity index (χ1v) is 11.6. The van der Waals surface area contributed by atoms with Gasteiger partial charge in [-0.1, -0.05) is 29.0 Å². The minimum absolute atomic E-state index is 0.117. The van der Waals surface area contributed by atoms with Crippen LogP contribution in [0, 0.1) is 0 Å². The Morgan fingerprint density at radius 3 is 2.88 bits per heavy atom. The zero-order chi connectivity index (χ0) is 22.7. The Hall–Kier alpha value is -2.46. The summed E-state index contributed by atoms with van der Waals surface area (Å²) in [4.78, 5) is 38.2. The third kappa shape index (κ3) is 4.66. The average Bonchev–Trinajstić information content (AvgIpc) is 3.16. The van der Waals surface area contributed by atoms with Gasteiger partial charge in [-0.3, -0.25) is 18.7 Å². The van der Waals surface area contributed by atoms with E-state index in [1.165, 1.54) is 4.57 Å². The van der Waals surface area contributed by atoms with Crippen molar-refractivity contribution in [3.63, 3.8) is 0 Å². The van der Waals surface area contributed by atoms with E-state index in [1.54, 1.807) is 31.3 Å². The number of aromatic nitrogens is 2. The minimum atomic E-state index is -0.517. The second-order valence-corrected chi connectivity index (χ2v) is 8.88. The highest BCUT2D eigenvalue weighted by Crippen LogP contribution is 2.37. The molecule has 8 nitrogen and oxygen atoms in total. The molecule has 3 heterocycles. The summed E-state index contributed by atoms with van der Waals surface area (Å²) in [5.74, 6) is 0.430. The van der Waals surface area contributed by atoms with E-state index in [0.29, 0.717) is 41.5 Å². The van der Waals surface area contributed by atoms with Gasteiger partial charge in [-0.2, -0.15) is 0 Å². The smallest absolute Gasteiger partial charge is 0.331 e. The second-order valence-electron chi connectivity index (χ2n) is 7.48. The molecular weight excluding hydrogens is 456 g/mol. The molecule has 0 N–H and O–H groups in total. The summed E-state index contributed by atoms with van der Waals surface area (Å²) in [6.07, 6.45) is 3.77. The van der Waals surface area contributed by atoms with Gasteiger partial charge in [0.05, 0.1) is 17.6 Å². The highest BCUT2D eigenvalue weighted by molar-refractivity contribution is 7.20. The number of carbonyl (C=O) groups is 1. The van der Waals surface area contributed by atoms with Crippen molar-refractivity contribution in [3.8, 4) is 10.8 Å². The Morgan fingerprint density at radius 1 is 1.31 bits per heavy atom. The lowest BCUT2D eigenvalue weighted by Gasteiger charge is -2.22. The third-order valence-electron chi connectivity index (χ3n) is 5.27. The van der Waals surface area contributed by atoms with Crippen LogP contribution in [-0.2, 0) is 23.1 Å². The van der Waals surface area contributed by atoms with Crippen molar-refractivity contribution in [2.75, 3.05) is 13.2 Å². The third-order valence-corrected chi connectivity index (χ3v) is 6.66. The number of aldehydes is 1. The lowest BCUT2D eigenvalue weighted by molar-refractivity contribution is -0.163. The number of ether oxygens (including phenoxy) is 3. The number of hydrogen-bond donors (Lipinski definition) is 0. The number of thiophene rings is 1. The van der Waals surface area contributed by atoms with Crippen LogP contribution in [0.3, 0.4) is 0 Å². The topological polar surface area (TPSA) is 88.8 Å². The summed E-state index contributed by atoms with van der Waals surface area (Å²) in [6.45, 7) is 1.23. The van der Waals surface area contributed by atoms with Gasteiger partial charge in [0, 0.05) is 25.2 Å². The molecule has 1 unspecified atom stereocenters. The molecule has 0 saturated carbocycles. The van der Waals surface area contributed by atoms with E-state index in [1.807, 2.05) is 0 Å². The molecule has 1 aliphatic heterocycles. The average molecular weight is 479 g/mol. The van der Waals surface area contributed by atoms with E-state index in [-0.39, 0.29) is 28.8 Å². The van der Waals surface area contributed by atoms with Gasteiger partial charge in [0.15, 0.2) is 17.6 Å². The zero-order valence-electron chi connectivity index (χ0n) is 17.5. The van der Waals surface area contributed by atoms with Crippen LogP contribution in [0.25, 0.3) is 10.2 Å². The molecule has 1 atom stereocenters. The van der Waals surface area contributed by atoms with E-state index >= 15 is 0 Å². The van der Waals surface area contributed by atoms with Crippen molar-refractivity contribution in [2.45, 2.75) is 38.5 Å². The monoisotopic (exact) mass is 478 g/mol. The van der Waals surface area contributed by atoms with Gasteiger partial charge in [-0.05, 0) is 43.9 Å². The van der Waals surface area contributed by atoms with E-state index < -0.39 is 11.2 Å². The molecule has 4 rings (SSSR count). The van der Waals surface area contributed by atoms with Crippen LogP contribution < -0.4 is 16.0 Å². The molecule has 2 aromatic heterocycles. The molecule has 0 bridgehead atoms. The van der Waals surface area contributed by atoms with E-state index in [4.69, 9.17) is 25.8 Å². The Labute approximate surface area is 192 Å². The lowest BCUT2D eigenvalue weighted by atomic mass is 10.2. The van der Waals surface area contributed by atoms with E-state index in [2.05, 4.69) is 0 Å². The molecular formula is C22H23ClN2O6S. The number of fused-ring (bicyclic) bond motifs is 1. The van der Waals surface area contributed by atoms with Crippen molar-refractivity contribution in [2.24, 2.45) is 7.05 Å². The number of aryl methyl sites for hydroxylation is 1. The molecule has 0 amide bonds. The van der Waals surface area contributed by atoms with E-state index in [0.717, 1.165) is 35.2 Å². The number of nitrogens with zero attached hydrogens (tertiary/aromatic N) is 2. The Bertz CT molecular complexity index is 1240. The van der Waals surface area contributed by atoms with Crippen LogP contribution in [0.2, 0.25) is 5.02 Å².